The van der Waals surface area contributed by atoms with E-state index in [1.54, 1.807) is 13.8 Å². The highest BCUT2D eigenvalue weighted by Crippen LogP contribution is 2.46. The van der Waals surface area contributed by atoms with Crippen LogP contribution in [0.1, 0.15) is 26.3 Å². The zero-order valence-electron chi connectivity index (χ0n) is 23.5. The zero-order valence-corrected chi connectivity index (χ0v) is 25.2. The molecular weight excluding hydrogens is 591 g/mol. The molecule has 1 aromatic rings. The molecule has 6 atom stereocenters. The lowest BCUT2D eigenvalue weighted by atomic mass is 9.96. The van der Waals surface area contributed by atoms with Crippen LogP contribution in [0.2, 0.25) is 0 Å². The van der Waals surface area contributed by atoms with E-state index in [2.05, 4.69) is 15.4 Å². The predicted molar refractivity (Wildman–Crippen MR) is 153 cm³/mol. The molecule has 15 nitrogen and oxygen atoms in total. The summed E-state index contributed by atoms with van der Waals surface area (Å²) in [5, 5.41) is 36.5. The van der Waals surface area contributed by atoms with Gasteiger partial charge in [0.2, 0.25) is 12.2 Å². The van der Waals surface area contributed by atoms with Gasteiger partial charge in [0.25, 0.3) is 0 Å². The Morgan fingerprint density at radius 2 is 2.02 bits per heavy atom. The Morgan fingerprint density at radius 3 is 2.71 bits per heavy atom. The number of aliphatic imine (C=N–C) groups is 1. The highest BCUT2D eigenvalue weighted by atomic mass is 32.2. The first-order chi connectivity index (χ1) is 19.8. The number of urea groups is 1. The van der Waals surface area contributed by atoms with E-state index in [4.69, 9.17) is 19.5 Å². The lowest BCUT2D eigenvalue weighted by molar-refractivity contribution is -0.134. The molecule has 2 amide bonds. The fraction of sp³-hybridized carbons (Fsp3) is 0.560. The number of nitrogens with zero attached hydrogens (tertiary/aromatic N) is 3. The molecule has 0 aliphatic carbocycles. The van der Waals surface area contributed by atoms with E-state index in [0.29, 0.717) is 0 Å². The number of hydrogen-bond donors (Lipinski definition) is 6. The van der Waals surface area contributed by atoms with E-state index < -0.39 is 56.1 Å². The average molecular weight is 629 g/mol. The summed E-state index contributed by atoms with van der Waals surface area (Å²) in [6, 6.07) is 8.60. The molecule has 3 aliphatic rings. The summed E-state index contributed by atoms with van der Waals surface area (Å²) >= 11 is 0.940. The molecule has 1 aromatic carbocycles. The van der Waals surface area contributed by atoms with Crippen LogP contribution in [0.3, 0.4) is 0 Å². The van der Waals surface area contributed by atoms with Gasteiger partial charge in [-0.05, 0) is 26.3 Å². The Hall–Kier alpha value is -2.53. The molecule has 7 N–H and O–H groups in total. The summed E-state index contributed by atoms with van der Waals surface area (Å²) in [4.78, 5) is 31.4. The summed E-state index contributed by atoms with van der Waals surface area (Å²) in [6.45, 7) is 3.86. The van der Waals surface area contributed by atoms with Crippen molar-refractivity contribution in [3.8, 4) is 0 Å². The first-order valence-corrected chi connectivity index (χ1v) is 15.7. The zero-order chi connectivity index (χ0) is 30.7. The second kappa shape index (κ2) is 13.0. The number of thioether (sulfide) groups is 1. The molecule has 0 spiro atoms. The Kier molecular flexibility index (Phi) is 10.0. The van der Waals surface area contributed by atoms with Crippen LogP contribution in [0, 0.1) is 5.41 Å². The third-order valence-corrected chi connectivity index (χ3v) is 9.66. The van der Waals surface area contributed by atoms with Crippen molar-refractivity contribution in [2.24, 2.45) is 16.1 Å². The van der Waals surface area contributed by atoms with Gasteiger partial charge in [-0.15, -0.1) is 0 Å². The lowest BCUT2D eigenvalue weighted by Gasteiger charge is -2.38. The molecule has 0 aromatic heterocycles. The quantitative estimate of drug-likeness (QED) is 0.130. The van der Waals surface area contributed by atoms with Gasteiger partial charge in [-0.3, -0.25) is 24.1 Å². The number of hydrogen-bond acceptors (Lipinski definition) is 13. The molecule has 4 rings (SSSR count). The van der Waals surface area contributed by atoms with Crippen LogP contribution in [0.4, 0.5) is 4.79 Å². The maximum Gasteiger partial charge on any atom is 0.405 e. The third-order valence-electron chi connectivity index (χ3n) is 6.92. The number of carbonyl (C=O) groups excluding carboxylic acids is 2. The van der Waals surface area contributed by atoms with Gasteiger partial charge in [-0.1, -0.05) is 42.1 Å². The fourth-order valence-corrected chi connectivity index (χ4v) is 6.56. The third kappa shape index (κ3) is 7.15. The maximum atomic E-state index is 13.7. The second-order valence-corrected chi connectivity index (χ2v) is 13.7. The first-order valence-electron chi connectivity index (χ1n) is 13.2. The molecule has 1 fully saturated rings. The number of aliphatic hydroxyl groups excluding tert-OH is 2. The molecule has 3 aliphatic heterocycles. The van der Waals surface area contributed by atoms with Gasteiger partial charge in [0, 0.05) is 24.7 Å². The summed E-state index contributed by atoms with van der Waals surface area (Å²) in [5.74, 6) is 0.0358. The lowest BCUT2D eigenvalue weighted by Crippen LogP contribution is -2.59. The van der Waals surface area contributed by atoms with Crippen molar-refractivity contribution in [3.63, 3.8) is 0 Å². The largest absolute Gasteiger partial charge is 0.405 e. The number of benzene rings is 1. The molecule has 17 heteroatoms. The van der Waals surface area contributed by atoms with Gasteiger partial charge in [0.1, 0.15) is 17.8 Å². The maximum absolute atomic E-state index is 13.7. The summed E-state index contributed by atoms with van der Waals surface area (Å²) in [7, 11) is -4.02. The van der Waals surface area contributed by atoms with Gasteiger partial charge in [0.15, 0.2) is 11.3 Å². The highest BCUT2D eigenvalue weighted by Gasteiger charge is 2.57. The minimum Gasteiger partial charge on any atom is -0.395 e. The van der Waals surface area contributed by atoms with Crippen LogP contribution in [0.25, 0.3) is 0 Å². The van der Waals surface area contributed by atoms with Crippen molar-refractivity contribution in [1.29, 1.82) is 0 Å². The van der Waals surface area contributed by atoms with Crippen LogP contribution in [0.15, 0.2) is 47.7 Å². The molecule has 0 radical (unpaired) electrons. The molecule has 42 heavy (non-hydrogen) atoms. The number of ether oxygens (including phenoxy) is 1. The summed E-state index contributed by atoms with van der Waals surface area (Å²) in [5.41, 5.74) is 3.73. The fourth-order valence-electron chi connectivity index (χ4n) is 4.32. The Bertz CT molecular complexity index is 1250. The first kappa shape index (κ1) is 32.4. The number of fused-ring (bicyclic) bond motifs is 1. The van der Waals surface area contributed by atoms with Crippen molar-refractivity contribution >= 4 is 36.6 Å². The monoisotopic (exact) mass is 628 g/mol. The second-order valence-electron chi connectivity index (χ2n) is 10.8. The Morgan fingerprint density at radius 1 is 1.31 bits per heavy atom. The van der Waals surface area contributed by atoms with E-state index in [-0.39, 0.29) is 36.6 Å². The van der Waals surface area contributed by atoms with Crippen molar-refractivity contribution < 1.29 is 43.3 Å². The van der Waals surface area contributed by atoms with Crippen molar-refractivity contribution in [2.45, 2.75) is 57.6 Å². The predicted octanol–water partition coefficient (Wildman–Crippen LogP) is 0.443. The number of nitrogens with two attached hydrogens (primary N) is 1. The van der Waals surface area contributed by atoms with Gasteiger partial charge in [-0.25, -0.2) is 19.4 Å². The molecule has 0 bridgehead atoms. The van der Waals surface area contributed by atoms with E-state index >= 15 is 0 Å². The molecule has 232 valence electrons. The van der Waals surface area contributed by atoms with Gasteiger partial charge in [0.05, 0.1) is 25.2 Å². The number of guanidine groups is 1. The number of amides is 2. The molecular formula is C25H37N6O9PS. The Labute approximate surface area is 247 Å². The minimum absolute atomic E-state index is 0.115. The van der Waals surface area contributed by atoms with E-state index in [1.165, 1.54) is 29.1 Å². The van der Waals surface area contributed by atoms with Gasteiger partial charge >= 0.3 is 13.8 Å². The molecule has 3 heterocycles. The molecule has 1 saturated heterocycles. The van der Waals surface area contributed by atoms with Crippen LogP contribution in [0.5, 0.6) is 0 Å². The topological polar surface area (TPSA) is 209 Å². The standard InChI is InChI=1S/C25H37N6O9PS/c1-24(2,15-32)20(34)42-12-11-38-41(37,27-13-16-7-5-4-6-8-16)39-14-17-18(33)25(3,36)19(40-17)30-9-10-31-22(30)28-21(26)29-23(31)35/h4-10,17-19,22,32-33,36H,11-15H2,1-3H3,(H,27,37)(H3,26,28,29,35)/t17-,18+,19-,22?,25?,41?/m1/s1. The highest BCUT2D eigenvalue weighted by molar-refractivity contribution is 8.13. The van der Waals surface area contributed by atoms with Crippen molar-refractivity contribution in [2.75, 3.05) is 25.6 Å². The summed E-state index contributed by atoms with van der Waals surface area (Å²) in [6.07, 6.45) is -1.84. The van der Waals surface area contributed by atoms with Crippen molar-refractivity contribution in [3.05, 3.63) is 48.3 Å². The van der Waals surface area contributed by atoms with E-state index in [9.17, 15) is 29.5 Å². The van der Waals surface area contributed by atoms with Gasteiger partial charge in [-0.2, -0.15) is 0 Å². The smallest absolute Gasteiger partial charge is 0.395 e. The molecule has 0 saturated carbocycles. The van der Waals surface area contributed by atoms with Gasteiger partial charge < -0.3 is 30.7 Å². The van der Waals surface area contributed by atoms with Crippen LogP contribution in [-0.2, 0) is 29.7 Å². The van der Waals surface area contributed by atoms with Crippen LogP contribution in [-0.4, -0.2) is 98.1 Å². The number of nitrogens with one attached hydrogen (secondary N) is 2. The summed E-state index contributed by atoms with van der Waals surface area (Å²) < 4.78 is 31.0. The van der Waals surface area contributed by atoms with Crippen LogP contribution >= 0.6 is 19.5 Å². The normalized spacial score (nSPS) is 28.8. The van der Waals surface area contributed by atoms with E-state index in [0.717, 1.165) is 17.3 Å². The number of aliphatic hydroxyl groups is 3. The number of rotatable bonds is 13. The molecule has 3 unspecified atom stereocenters. The SMILES string of the molecule is CC(C)(CO)C(=O)SCCOP(=O)(NCc1ccccc1)OC[C@H]1O[C@@H](N2C=CN3C(=O)NC(N)=NC32)C(C)(O)[C@H]1O. The van der Waals surface area contributed by atoms with Crippen molar-refractivity contribution in [1.82, 2.24) is 20.2 Å². The average Bonchev–Trinajstić information content (AvgIpc) is 3.47. The Balaban J connectivity index is 1.41. The number of carbonyl (C=O) groups is 2. The van der Waals surface area contributed by atoms with E-state index in [1.807, 2.05) is 30.3 Å². The minimum atomic E-state index is -4.02. The van der Waals surface area contributed by atoms with Crippen LogP contribution < -0.4 is 16.1 Å².